The zero-order chi connectivity index (χ0) is 13.1. The first kappa shape index (κ1) is 14.3. The van der Waals surface area contributed by atoms with Crippen molar-refractivity contribution < 1.29 is 9.53 Å². The molecule has 94 valence electrons. The van der Waals surface area contributed by atoms with Crippen LogP contribution in [0.15, 0.2) is 22.7 Å². The van der Waals surface area contributed by atoms with Crippen LogP contribution in [-0.4, -0.2) is 11.7 Å². The van der Waals surface area contributed by atoms with E-state index in [0.29, 0.717) is 11.6 Å². The largest absolute Gasteiger partial charge is 0.444 e. The molecule has 0 aliphatic heterocycles. The van der Waals surface area contributed by atoms with Gasteiger partial charge in [-0.05, 0) is 48.3 Å². The van der Waals surface area contributed by atoms with Crippen LogP contribution in [0.1, 0.15) is 26.3 Å². The Labute approximate surface area is 115 Å². The van der Waals surface area contributed by atoms with Crippen molar-refractivity contribution in [1.82, 2.24) is 5.32 Å². The molecule has 0 spiro atoms. The SMILES string of the molecule is CC(C)(C)OC(=O)NCc1cccc(Br)c1Cl. The standard InChI is InChI=1S/C12H15BrClNO2/c1-12(2,3)17-11(16)15-7-8-5-4-6-9(13)10(8)14/h4-6H,7H2,1-3H3,(H,15,16). The van der Waals surface area contributed by atoms with Gasteiger partial charge in [0.15, 0.2) is 0 Å². The molecule has 0 saturated heterocycles. The van der Waals surface area contributed by atoms with Crippen molar-refractivity contribution >= 4 is 33.6 Å². The molecule has 1 aromatic carbocycles. The van der Waals surface area contributed by atoms with Gasteiger partial charge in [0.05, 0.1) is 5.02 Å². The topological polar surface area (TPSA) is 38.3 Å². The number of carbonyl (C=O) groups is 1. The predicted molar refractivity (Wildman–Crippen MR) is 72.2 cm³/mol. The molecule has 0 saturated carbocycles. The molecular formula is C12H15BrClNO2. The first-order chi connectivity index (χ1) is 7.79. The molecule has 17 heavy (non-hydrogen) atoms. The number of halogens is 2. The summed E-state index contributed by atoms with van der Waals surface area (Å²) in [6.07, 6.45) is -0.450. The number of carbonyl (C=O) groups excluding carboxylic acids is 1. The lowest BCUT2D eigenvalue weighted by Gasteiger charge is -2.19. The minimum Gasteiger partial charge on any atom is -0.444 e. The fourth-order valence-electron chi connectivity index (χ4n) is 1.17. The van der Waals surface area contributed by atoms with Gasteiger partial charge in [0.2, 0.25) is 0 Å². The van der Waals surface area contributed by atoms with Crippen molar-refractivity contribution in [3.63, 3.8) is 0 Å². The monoisotopic (exact) mass is 319 g/mol. The van der Waals surface area contributed by atoms with Crippen molar-refractivity contribution in [3.05, 3.63) is 33.3 Å². The van der Waals surface area contributed by atoms with E-state index < -0.39 is 11.7 Å². The van der Waals surface area contributed by atoms with E-state index in [1.165, 1.54) is 0 Å². The Morgan fingerprint density at radius 2 is 2.12 bits per heavy atom. The molecule has 1 N–H and O–H groups in total. The third-order valence-electron chi connectivity index (χ3n) is 1.85. The molecule has 0 unspecified atom stereocenters. The number of hydrogen-bond acceptors (Lipinski definition) is 2. The Hall–Kier alpha value is -0.740. The average Bonchev–Trinajstić information content (AvgIpc) is 2.18. The predicted octanol–water partition coefficient (Wildman–Crippen LogP) is 4.13. The van der Waals surface area contributed by atoms with Crippen LogP contribution in [0.25, 0.3) is 0 Å². The number of alkyl carbamates (subject to hydrolysis) is 1. The summed E-state index contributed by atoms with van der Waals surface area (Å²) in [5.74, 6) is 0. The van der Waals surface area contributed by atoms with E-state index in [1.54, 1.807) is 0 Å². The van der Waals surface area contributed by atoms with Gasteiger partial charge in [-0.1, -0.05) is 23.7 Å². The van der Waals surface area contributed by atoms with Gasteiger partial charge in [0.25, 0.3) is 0 Å². The van der Waals surface area contributed by atoms with E-state index in [4.69, 9.17) is 16.3 Å². The van der Waals surface area contributed by atoms with Crippen molar-refractivity contribution in [2.75, 3.05) is 0 Å². The smallest absolute Gasteiger partial charge is 0.407 e. The maximum atomic E-state index is 11.4. The van der Waals surface area contributed by atoms with Gasteiger partial charge in [-0.15, -0.1) is 0 Å². The molecule has 3 nitrogen and oxygen atoms in total. The number of amides is 1. The van der Waals surface area contributed by atoms with Gasteiger partial charge in [0.1, 0.15) is 5.60 Å². The average molecular weight is 321 g/mol. The zero-order valence-corrected chi connectivity index (χ0v) is 12.4. The summed E-state index contributed by atoms with van der Waals surface area (Å²) >= 11 is 9.40. The number of ether oxygens (including phenoxy) is 1. The van der Waals surface area contributed by atoms with Crippen molar-refractivity contribution in [1.29, 1.82) is 0 Å². The summed E-state index contributed by atoms with van der Waals surface area (Å²) in [7, 11) is 0. The van der Waals surface area contributed by atoms with Crippen LogP contribution in [-0.2, 0) is 11.3 Å². The van der Waals surface area contributed by atoms with Crippen LogP contribution in [0.4, 0.5) is 4.79 Å². The van der Waals surface area contributed by atoms with Gasteiger partial charge in [-0.25, -0.2) is 4.79 Å². The van der Waals surface area contributed by atoms with E-state index in [0.717, 1.165) is 10.0 Å². The third-order valence-corrected chi connectivity index (χ3v) is 3.19. The van der Waals surface area contributed by atoms with Gasteiger partial charge < -0.3 is 10.1 Å². The molecule has 0 fully saturated rings. The van der Waals surface area contributed by atoms with Crippen LogP contribution in [0, 0.1) is 0 Å². The molecule has 0 radical (unpaired) electrons. The molecule has 0 atom stereocenters. The number of nitrogens with one attached hydrogen (secondary N) is 1. The Bertz CT molecular complexity index is 415. The highest BCUT2D eigenvalue weighted by molar-refractivity contribution is 9.10. The summed E-state index contributed by atoms with van der Waals surface area (Å²) < 4.78 is 5.93. The van der Waals surface area contributed by atoms with Crippen LogP contribution < -0.4 is 5.32 Å². The van der Waals surface area contributed by atoms with Crippen molar-refractivity contribution in [2.45, 2.75) is 32.9 Å². The summed E-state index contributed by atoms with van der Waals surface area (Å²) in [6.45, 7) is 5.79. The third kappa shape index (κ3) is 4.96. The number of hydrogen-bond donors (Lipinski definition) is 1. The Morgan fingerprint density at radius 1 is 1.47 bits per heavy atom. The van der Waals surface area contributed by atoms with Gasteiger partial charge in [-0.3, -0.25) is 0 Å². The fourth-order valence-corrected chi connectivity index (χ4v) is 1.77. The molecule has 0 aliphatic carbocycles. The fraction of sp³-hybridized carbons (Fsp3) is 0.417. The Kier molecular flexibility index (Phi) is 4.83. The Morgan fingerprint density at radius 3 is 2.71 bits per heavy atom. The van der Waals surface area contributed by atoms with E-state index in [2.05, 4.69) is 21.2 Å². The number of rotatable bonds is 2. The molecule has 1 amide bonds. The van der Waals surface area contributed by atoms with E-state index >= 15 is 0 Å². The van der Waals surface area contributed by atoms with Gasteiger partial charge >= 0.3 is 6.09 Å². The number of benzene rings is 1. The van der Waals surface area contributed by atoms with Crippen LogP contribution in [0.3, 0.4) is 0 Å². The zero-order valence-electron chi connectivity index (χ0n) is 10.0. The van der Waals surface area contributed by atoms with Crippen LogP contribution in [0.2, 0.25) is 5.02 Å². The van der Waals surface area contributed by atoms with E-state index in [-0.39, 0.29) is 0 Å². The first-order valence-corrected chi connectivity index (χ1v) is 6.36. The lowest BCUT2D eigenvalue weighted by Crippen LogP contribution is -2.32. The molecule has 5 heteroatoms. The molecule has 0 bridgehead atoms. The second-order valence-electron chi connectivity index (χ2n) is 4.57. The minimum atomic E-state index is -0.495. The second-order valence-corrected chi connectivity index (χ2v) is 5.80. The van der Waals surface area contributed by atoms with Gasteiger partial charge in [0, 0.05) is 11.0 Å². The second kappa shape index (κ2) is 5.74. The van der Waals surface area contributed by atoms with Gasteiger partial charge in [-0.2, -0.15) is 0 Å². The van der Waals surface area contributed by atoms with Crippen LogP contribution in [0.5, 0.6) is 0 Å². The summed E-state index contributed by atoms with van der Waals surface area (Å²) in [6, 6.07) is 5.56. The highest BCUT2D eigenvalue weighted by Gasteiger charge is 2.16. The highest BCUT2D eigenvalue weighted by atomic mass is 79.9. The molecule has 1 aromatic rings. The molecule has 0 aliphatic rings. The lowest BCUT2D eigenvalue weighted by atomic mass is 10.2. The van der Waals surface area contributed by atoms with E-state index in [1.807, 2.05) is 39.0 Å². The van der Waals surface area contributed by atoms with Crippen molar-refractivity contribution in [3.8, 4) is 0 Å². The van der Waals surface area contributed by atoms with Crippen molar-refractivity contribution in [2.24, 2.45) is 0 Å². The maximum Gasteiger partial charge on any atom is 0.407 e. The summed E-state index contributed by atoms with van der Waals surface area (Å²) in [5, 5.41) is 3.26. The minimum absolute atomic E-state index is 0.340. The Balaban J connectivity index is 2.56. The quantitative estimate of drug-likeness (QED) is 0.890. The lowest BCUT2D eigenvalue weighted by molar-refractivity contribution is 0.0523. The molecule has 0 aromatic heterocycles. The van der Waals surface area contributed by atoms with Crippen LogP contribution >= 0.6 is 27.5 Å². The first-order valence-electron chi connectivity index (χ1n) is 5.19. The highest BCUT2D eigenvalue weighted by Crippen LogP contribution is 2.25. The molecular weight excluding hydrogens is 305 g/mol. The molecule has 1 rings (SSSR count). The summed E-state index contributed by atoms with van der Waals surface area (Å²) in [4.78, 5) is 11.4. The van der Waals surface area contributed by atoms with E-state index in [9.17, 15) is 4.79 Å². The summed E-state index contributed by atoms with van der Waals surface area (Å²) in [5.41, 5.74) is 0.345. The molecule has 0 heterocycles. The normalized spacial score (nSPS) is 11.1. The maximum absolute atomic E-state index is 11.4.